The second kappa shape index (κ2) is 41.1. The van der Waals surface area contributed by atoms with Crippen LogP contribution in [0.2, 0.25) is 0 Å². The van der Waals surface area contributed by atoms with Crippen molar-refractivity contribution in [3.63, 3.8) is 0 Å². The molecule has 0 aliphatic rings. The molecular weight excluding hydrogens is 182 g/mol. The van der Waals surface area contributed by atoms with Crippen LogP contribution in [-0.2, 0) is 3.08 Å². The third kappa shape index (κ3) is 13.0. The van der Waals surface area contributed by atoms with Gasteiger partial charge in [0, 0.05) is 0 Å². The van der Waals surface area contributed by atoms with E-state index in [1.807, 2.05) is 0 Å². The molecule has 3 heteroatoms. The van der Waals surface area contributed by atoms with E-state index in [-0.39, 0.29) is 19.8 Å². The second-order valence-electron chi connectivity index (χ2n) is 0. The van der Waals surface area contributed by atoms with E-state index < -0.39 is 0 Å². The minimum atomic E-state index is 0. The standard InChI is InChI=1S/CH4.ClH.O.Sn/h1H4;1H;;. The Hall–Kier alpha value is 0.889. The van der Waals surface area contributed by atoms with Crippen molar-refractivity contribution in [3.05, 3.63) is 0 Å². The van der Waals surface area contributed by atoms with Crippen LogP contribution >= 0.6 is 12.4 Å². The number of hydrogen-bond donors (Lipinski definition) is 0. The van der Waals surface area contributed by atoms with Gasteiger partial charge in [0.25, 0.3) is 0 Å². The fourth-order valence-electron chi connectivity index (χ4n) is 0. The van der Waals surface area contributed by atoms with Crippen LogP contribution < -0.4 is 0 Å². The zero-order chi connectivity index (χ0) is 2.00. The Morgan fingerprint density at radius 3 is 1.25 bits per heavy atom. The van der Waals surface area contributed by atoms with E-state index in [0.29, 0.717) is 22.5 Å². The summed E-state index contributed by atoms with van der Waals surface area (Å²) in [5, 5.41) is 0. The van der Waals surface area contributed by atoms with E-state index in [0.717, 1.165) is 0 Å². The zero-order valence-electron chi connectivity index (χ0n) is 1.32. The predicted molar refractivity (Wildman–Crippen MR) is 20.4 cm³/mol. The van der Waals surface area contributed by atoms with E-state index in [4.69, 9.17) is 3.08 Å². The minimum absolute atomic E-state index is 0. The van der Waals surface area contributed by atoms with Crippen molar-refractivity contribution in [1.82, 2.24) is 0 Å². The number of rotatable bonds is 0. The predicted octanol–water partition coefficient (Wildman–Crippen LogP) is 0.558. The van der Waals surface area contributed by atoms with Gasteiger partial charge < -0.3 is 0 Å². The summed E-state index contributed by atoms with van der Waals surface area (Å²) in [6, 6.07) is 0. The van der Waals surface area contributed by atoms with Crippen molar-refractivity contribution in [2.24, 2.45) is 0 Å². The fourth-order valence-corrected chi connectivity index (χ4v) is 0. The van der Waals surface area contributed by atoms with Crippen LogP contribution in [0, 0.1) is 0 Å². The van der Waals surface area contributed by atoms with Gasteiger partial charge in [-0.25, -0.2) is 0 Å². The molecule has 0 saturated carbocycles. The van der Waals surface area contributed by atoms with Crippen molar-refractivity contribution in [2.75, 3.05) is 0 Å². The summed E-state index contributed by atoms with van der Waals surface area (Å²) in [5.74, 6) is 0. The molecular formula is CH5ClOSn. The molecule has 0 spiro atoms. The molecule has 0 aliphatic carbocycles. The van der Waals surface area contributed by atoms with Crippen molar-refractivity contribution in [1.29, 1.82) is 0 Å². The van der Waals surface area contributed by atoms with Gasteiger partial charge in [0.05, 0.1) is 0 Å². The Bertz CT molecular complexity index is 8.00. The third-order valence-corrected chi connectivity index (χ3v) is 0. The van der Waals surface area contributed by atoms with Gasteiger partial charge in [-0.3, -0.25) is 0 Å². The van der Waals surface area contributed by atoms with Crippen LogP contribution in [0.4, 0.5) is 0 Å². The van der Waals surface area contributed by atoms with E-state index in [1.165, 1.54) is 0 Å². The summed E-state index contributed by atoms with van der Waals surface area (Å²) < 4.78 is 8.34. The molecule has 0 unspecified atom stereocenters. The first kappa shape index (κ1) is 20.7. The van der Waals surface area contributed by atoms with Gasteiger partial charge in [0.15, 0.2) is 0 Å². The van der Waals surface area contributed by atoms with Gasteiger partial charge in [-0.05, 0) is 0 Å². The summed E-state index contributed by atoms with van der Waals surface area (Å²) in [5.41, 5.74) is 0. The summed E-state index contributed by atoms with van der Waals surface area (Å²) in [4.78, 5) is 0. The molecule has 0 aliphatic heterocycles. The summed E-state index contributed by atoms with van der Waals surface area (Å²) in [6.45, 7) is 0. The monoisotopic (exact) mass is 188 g/mol. The normalized spacial score (nSPS) is 1.00. The molecule has 0 aromatic rings. The molecule has 0 saturated heterocycles. The first-order valence-electron chi connectivity index (χ1n) is 0.204. The zero-order valence-corrected chi connectivity index (χ0v) is 4.99. The van der Waals surface area contributed by atoms with Crippen molar-refractivity contribution >= 4 is 34.9 Å². The summed E-state index contributed by atoms with van der Waals surface area (Å²) in [6.07, 6.45) is 0. The van der Waals surface area contributed by atoms with Gasteiger partial charge in [-0.15, -0.1) is 12.4 Å². The van der Waals surface area contributed by atoms with Crippen LogP contribution in [0.5, 0.6) is 0 Å². The number of hydrogen-bond acceptors (Lipinski definition) is 1. The quantitative estimate of drug-likeness (QED) is 0.506. The fraction of sp³-hybridized carbons (Fsp3) is 1.00. The average molecular weight is 187 g/mol. The van der Waals surface area contributed by atoms with Gasteiger partial charge in [-0.1, -0.05) is 7.43 Å². The van der Waals surface area contributed by atoms with Crippen LogP contribution in [0.3, 0.4) is 0 Å². The Kier molecular flexibility index (Phi) is 213. The Labute approximate surface area is 45.7 Å². The molecule has 2 radical (unpaired) electrons. The molecule has 0 rings (SSSR count). The van der Waals surface area contributed by atoms with E-state index >= 15 is 0 Å². The van der Waals surface area contributed by atoms with Crippen molar-refractivity contribution in [2.45, 2.75) is 7.43 Å². The van der Waals surface area contributed by atoms with Crippen molar-refractivity contribution in [3.8, 4) is 0 Å². The van der Waals surface area contributed by atoms with Gasteiger partial charge in [-0.2, -0.15) is 0 Å². The first-order chi connectivity index (χ1) is 1.00. The maximum absolute atomic E-state index is 8.34. The van der Waals surface area contributed by atoms with Crippen LogP contribution in [0.1, 0.15) is 7.43 Å². The van der Waals surface area contributed by atoms with E-state index in [2.05, 4.69) is 0 Å². The second-order valence-corrected chi connectivity index (χ2v) is 0. The van der Waals surface area contributed by atoms with Crippen molar-refractivity contribution < 1.29 is 3.08 Å². The van der Waals surface area contributed by atoms with Crippen LogP contribution in [0.25, 0.3) is 0 Å². The summed E-state index contributed by atoms with van der Waals surface area (Å²) in [7, 11) is 0. The number of halogens is 1. The third-order valence-electron chi connectivity index (χ3n) is 0. The average Bonchev–Trinajstić information content (AvgIpc) is 1.00. The van der Waals surface area contributed by atoms with Gasteiger partial charge >= 0.3 is 25.6 Å². The molecule has 0 aromatic carbocycles. The summed E-state index contributed by atoms with van der Waals surface area (Å²) >= 11 is 0.300. The Morgan fingerprint density at radius 1 is 1.25 bits per heavy atom. The van der Waals surface area contributed by atoms with Gasteiger partial charge in [0.1, 0.15) is 0 Å². The molecule has 4 heavy (non-hydrogen) atoms. The molecule has 0 fully saturated rings. The van der Waals surface area contributed by atoms with E-state index in [1.54, 1.807) is 0 Å². The molecule has 0 aromatic heterocycles. The molecule has 0 atom stereocenters. The molecule has 0 N–H and O–H groups in total. The Balaban J connectivity index is -0.00000000500. The topological polar surface area (TPSA) is 17.1 Å². The molecule has 0 bridgehead atoms. The van der Waals surface area contributed by atoms with E-state index in [9.17, 15) is 0 Å². The Morgan fingerprint density at radius 2 is 1.25 bits per heavy atom. The maximum atomic E-state index is 8.34. The first-order valence-corrected chi connectivity index (χ1v) is 1.37. The molecule has 0 amide bonds. The molecule has 26 valence electrons. The SMILES string of the molecule is C.Cl.[O]=[Sn]. The van der Waals surface area contributed by atoms with Crippen LogP contribution in [-0.4, -0.2) is 22.5 Å². The van der Waals surface area contributed by atoms with Gasteiger partial charge in [0.2, 0.25) is 0 Å². The molecule has 0 heterocycles. The molecule has 1 nitrogen and oxygen atoms in total. The van der Waals surface area contributed by atoms with Crippen LogP contribution in [0.15, 0.2) is 0 Å².